The fraction of sp³-hybridized carbons (Fsp3) is 0.520. The first-order valence-corrected chi connectivity index (χ1v) is 11.9. The van der Waals surface area contributed by atoms with Crippen LogP contribution < -0.4 is 10.6 Å². The second-order valence-corrected chi connectivity index (χ2v) is 8.76. The van der Waals surface area contributed by atoms with Gasteiger partial charge in [0.05, 0.1) is 6.61 Å². The molecule has 4 rings (SSSR count). The Morgan fingerprint density at radius 2 is 2.09 bits per heavy atom. The molecule has 0 bridgehead atoms. The maximum Gasteiger partial charge on any atom is 0.291 e. The summed E-state index contributed by atoms with van der Waals surface area (Å²) < 4.78 is 0. The summed E-state index contributed by atoms with van der Waals surface area (Å²) in [6.07, 6.45) is 12.5. The Hall–Kier alpha value is -2.48. The van der Waals surface area contributed by atoms with Gasteiger partial charge >= 0.3 is 0 Å². The first-order valence-electron chi connectivity index (χ1n) is 11.9. The van der Waals surface area contributed by atoms with Crippen LogP contribution >= 0.6 is 0 Å². The normalized spacial score (nSPS) is 17.8. The summed E-state index contributed by atoms with van der Waals surface area (Å²) in [6, 6.07) is 6.58. The van der Waals surface area contributed by atoms with Gasteiger partial charge in [-0.1, -0.05) is 12.1 Å². The molecular weight excluding hydrogens is 402 g/mol. The highest BCUT2D eigenvalue weighted by Crippen LogP contribution is 2.36. The quantitative estimate of drug-likeness (QED) is 0.451. The Morgan fingerprint density at radius 3 is 2.81 bits per heavy atom. The van der Waals surface area contributed by atoms with Crippen LogP contribution in [0, 0.1) is 0 Å². The first-order chi connectivity index (χ1) is 15.7. The minimum atomic E-state index is -0.205. The predicted octanol–water partition coefficient (Wildman–Crippen LogP) is 3.38. The average molecular weight is 438 g/mol. The van der Waals surface area contributed by atoms with E-state index in [1.807, 2.05) is 0 Å². The van der Waals surface area contributed by atoms with Gasteiger partial charge in [-0.15, -0.1) is 0 Å². The van der Waals surface area contributed by atoms with Gasteiger partial charge in [0.15, 0.2) is 5.82 Å². The van der Waals surface area contributed by atoms with Crippen LogP contribution in [0.3, 0.4) is 0 Å². The molecule has 7 heteroatoms. The van der Waals surface area contributed by atoms with E-state index in [0.717, 1.165) is 63.1 Å². The number of hydrogen-bond acceptors (Lipinski definition) is 5. The van der Waals surface area contributed by atoms with E-state index in [-0.39, 0.29) is 12.5 Å². The molecule has 1 aliphatic carbocycles. The lowest BCUT2D eigenvalue weighted by atomic mass is 9.85. The smallest absolute Gasteiger partial charge is 0.291 e. The number of H-pyrrole nitrogens is 1. The maximum absolute atomic E-state index is 12.6. The summed E-state index contributed by atoms with van der Waals surface area (Å²) in [6.45, 7) is 5.01. The number of aromatic amines is 1. The van der Waals surface area contributed by atoms with E-state index in [0.29, 0.717) is 18.3 Å². The number of nitrogens with one attached hydrogen (secondary N) is 3. The number of benzene rings is 1. The molecule has 2 aliphatic rings. The van der Waals surface area contributed by atoms with Crippen molar-refractivity contribution in [3.8, 4) is 0 Å². The maximum atomic E-state index is 12.6. The second kappa shape index (κ2) is 11.4. The number of aliphatic hydroxyl groups excluding tert-OH is 1. The van der Waals surface area contributed by atoms with Gasteiger partial charge in [0.2, 0.25) is 0 Å². The summed E-state index contributed by atoms with van der Waals surface area (Å²) in [7, 11) is 0. The molecule has 2 aromatic rings. The SMILES string of the molecule is O=C(Nc1ccc(C2CCN(CCNCCO)CC2)cc1C1=CCCCC1)c1ncc[nH]1. The van der Waals surface area contributed by atoms with E-state index >= 15 is 0 Å². The van der Waals surface area contributed by atoms with Crippen LogP contribution in [-0.2, 0) is 0 Å². The van der Waals surface area contributed by atoms with Crippen LogP contribution in [0.1, 0.15) is 66.2 Å². The number of piperidine rings is 1. The number of aromatic nitrogens is 2. The monoisotopic (exact) mass is 437 g/mol. The van der Waals surface area contributed by atoms with E-state index in [9.17, 15) is 4.79 Å². The summed E-state index contributed by atoms with van der Waals surface area (Å²) in [5, 5.41) is 15.2. The van der Waals surface area contributed by atoms with Gasteiger partial charge in [-0.3, -0.25) is 4.79 Å². The largest absolute Gasteiger partial charge is 0.395 e. The van der Waals surface area contributed by atoms with Gasteiger partial charge in [0.1, 0.15) is 0 Å². The highest BCUT2D eigenvalue weighted by Gasteiger charge is 2.22. The number of aliphatic hydroxyl groups is 1. The van der Waals surface area contributed by atoms with Crippen molar-refractivity contribution >= 4 is 17.2 Å². The van der Waals surface area contributed by atoms with Crippen molar-refractivity contribution in [2.45, 2.75) is 44.4 Å². The second-order valence-electron chi connectivity index (χ2n) is 8.76. The number of carbonyl (C=O) groups is 1. The molecule has 1 amide bonds. The summed E-state index contributed by atoms with van der Waals surface area (Å²) in [5.41, 5.74) is 4.76. The molecule has 0 spiro atoms. The molecule has 1 aliphatic heterocycles. The molecule has 1 saturated heterocycles. The number of imidazole rings is 1. The van der Waals surface area contributed by atoms with Gasteiger partial charge in [-0.2, -0.15) is 0 Å². The fourth-order valence-electron chi connectivity index (χ4n) is 4.78. The molecule has 1 aromatic carbocycles. The third-order valence-corrected chi connectivity index (χ3v) is 6.59. The summed E-state index contributed by atoms with van der Waals surface area (Å²) in [4.78, 5) is 22.1. The minimum Gasteiger partial charge on any atom is -0.395 e. The highest BCUT2D eigenvalue weighted by atomic mass is 16.3. The van der Waals surface area contributed by atoms with Crippen molar-refractivity contribution in [2.75, 3.05) is 44.6 Å². The molecule has 0 saturated carbocycles. The number of carbonyl (C=O) groups excluding carboxylic acids is 1. The number of allylic oxidation sites excluding steroid dienone is 2. The van der Waals surface area contributed by atoms with E-state index in [2.05, 4.69) is 49.8 Å². The number of rotatable bonds is 9. The third kappa shape index (κ3) is 5.85. The highest BCUT2D eigenvalue weighted by molar-refractivity contribution is 6.03. The third-order valence-electron chi connectivity index (χ3n) is 6.59. The molecule has 172 valence electrons. The zero-order valence-corrected chi connectivity index (χ0v) is 18.8. The Labute approximate surface area is 190 Å². The minimum absolute atomic E-state index is 0.193. The van der Waals surface area contributed by atoms with Crippen molar-refractivity contribution < 1.29 is 9.90 Å². The lowest BCUT2D eigenvalue weighted by Gasteiger charge is -2.32. The van der Waals surface area contributed by atoms with Crippen molar-refractivity contribution in [2.24, 2.45) is 0 Å². The lowest BCUT2D eigenvalue weighted by molar-refractivity contribution is 0.101. The van der Waals surface area contributed by atoms with Gasteiger partial charge in [0, 0.05) is 43.3 Å². The van der Waals surface area contributed by atoms with Crippen molar-refractivity contribution in [1.82, 2.24) is 20.2 Å². The standard InChI is InChI=1S/C25H35N5O2/c31-17-13-26-12-16-30-14-8-19(9-15-30)21-6-7-23(29-25(32)24-27-10-11-28-24)22(18-21)20-4-2-1-3-5-20/h4,6-7,10-11,18-19,26,31H,1-3,5,8-9,12-17H2,(H,27,28)(H,29,32). The Bertz CT molecular complexity index is 901. The van der Waals surface area contributed by atoms with Crippen molar-refractivity contribution in [3.05, 3.63) is 53.6 Å². The van der Waals surface area contributed by atoms with Gasteiger partial charge in [-0.25, -0.2) is 4.98 Å². The van der Waals surface area contributed by atoms with Gasteiger partial charge in [0.25, 0.3) is 5.91 Å². The van der Waals surface area contributed by atoms with E-state index in [1.54, 1.807) is 12.4 Å². The Morgan fingerprint density at radius 1 is 1.22 bits per heavy atom. The lowest BCUT2D eigenvalue weighted by Crippen LogP contribution is -2.38. The topological polar surface area (TPSA) is 93.3 Å². The Kier molecular flexibility index (Phi) is 8.09. The van der Waals surface area contributed by atoms with Crippen LogP contribution in [0.15, 0.2) is 36.7 Å². The molecule has 2 heterocycles. The number of nitrogens with zero attached hydrogens (tertiary/aromatic N) is 2. The van der Waals surface area contributed by atoms with Crippen LogP contribution in [-0.4, -0.2) is 65.2 Å². The molecule has 32 heavy (non-hydrogen) atoms. The van der Waals surface area contributed by atoms with Crippen molar-refractivity contribution in [1.29, 1.82) is 0 Å². The predicted molar refractivity (Wildman–Crippen MR) is 128 cm³/mol. The molecule has 0 unspecified atom stereocenters. The molecule has 0 atom stereocenters. The zero-order chi connectivity index (χ0) is 22.2. The van der Waals surface area contributed by atoms with Gasteiger partial charge in [-0.05, 0) is 80.8 Å². The molecule has 1 aromatic heterocycles. The van der Waals surface area contributed by atoms with E-state index in [4.69, 9.17) is 5.11 Å². The van der Waals surface area contributed by atoms with Crippen LogP contribution in [0.2, 0.25) is 0 Å². The molecular formula is C25H35N5O2. The number of amides is 1. The van der Waals surface area contributed by atoms with Crippen LogP contribution in [0.5, 0.6) is 0 Å². The average Bonchev–Trinajstić information content (AvgIpc) is 3.38. The molecule has 1 fully saturated rings. The Balaban J connectivity index is 1.45. The number of hydrogen-bond donors (Lipinski definition) is 4. The zero-order valence-electron chi connectivity index (χ0n) is 18.8. The fourth-order valence-corrected chi connectivity index (χ4v) is 4.78. The van der Waals surface area contributed by atoms with E-state index < -0.39 is 0 Å². The van der Waals surface area contributed by atoms with Crippen LogP contribution in [0.25, 0.3) is 5.57 Å². The summed E-state index contributed by atoms with van der Waals surface area (Å²) in [5.74, 6) is 0.677. The van der Waals surface area contributed by atoms with E-state index in [1.165, 1.54) is 24.0 Å². The number of likely N-dealkylation sites (tertiary alicyclic amines) is 1. The number of anilines is 1. The molecule has 0 radical (unpaired) electrons. The van der Waals surface area contributed by atoms with Gasteiger partial charge < -0.3 is 25.6 Å². The molecule has 7 nitrogen and oxygen atoms in total. The van der Waals surface area contributed by atoms with Crippen LogP contribution in [0.4, 0.5) is 5.69 Å². The van der Waals surface area contributed by atoms with Crippen molar-refractivity contribution in [3.63, 3.8) is 0 Å². The summed E-state index contributed by atoms with van der Waals surface area (Å²) >= 11 is 0. The first kappa shape index (κ1) is 22.7. The molecule has 4 N–H and O–H groups in total.